The summed E-state index contributed by atoms with van der Waals surface area (Å²) in [6.45, 7) is 6.28. The number of esters is 3. The summed E-state index contributed by atoms with van der Waals surface area (Å²) in [7, 11) is 0. The monoisotopic (exact) mass is 1110 g/mol. The summed E-state index contributed by atoms with van der Waals surface area (Å²) in [5.41, 5.74) is 0. The molecule has 0 heterocycles. The molecule has 0 rings (SSSR count). The van der Waals surface area contributed by atoms with Crippen molar-refractivity contribution in [3.05, 3.63) is 182 Å². The second kappa shape index (κ2) is 67.0. The van der Waals surface area contributed by atoms with E-state index in [1.54, 1.807) is 0 Å². The van der Waals surface area contributed by atoms with Gasteiger partial charge in [0.25, 0.3) is 0 Å². The van der Waals surface area contributed by atoms with Gasteiger partial charge in [-0.05, 0) is 141 Å². The second-order valence-corrected chi connectivity index (χ2v) is 20.5. The van der Waals surface area contributed by atoms with E-state index in [-0.39, 0.29) is 50.4 Å². The highest BCUT2D eigenvalue weighted by Gasteiger charge is 2.19. The van der Waals surface area contributed by atoms with Gasteiger partial charge in [0.2, 0.25) is 0 Å². The van der Waals surface area contributed by atoms with Gasteiger partial charge in [0, 0.05) is 19.3 Å². The zero-order valence-electron chi connectivity index (χ0n) is 51.7. The van der Waals surface area contributed by atoms with Gasteiger partial charge in [-0.25, -0.2) is 0 Å². The summed E-state index contributed by atoms with van der Waals surface area (Å²) >= 11 is 0. The Balaban J connectivity index is 4.63. The van der Waals surface area contributed by atoms with Crippen LogP contribution in [0.2, 0.25) is 0 Å². The zero-order chi connectivity index (χ0) is 58.5. The van der Waals surface area contributed by atoms with E-state index in [0.29, 0.717) is 12.8 Å². The number of carbonyl (C=O) groups excluding carboxylic acids is 3. The van der Waals surface area contributed by atoms with E-state index < -0.39 is 6.10 Å². The number of hydrogen-bond donors (Lipinski definition) is 0. The van der Waals surface area contributed by atoms with Crippen LogP contribution in [-0.4, -0.2) is 37.2 Å². The smallest absolute Gasteiger partial charge is 0.306 e. The lowest BCUT2D eigenvalue weighted by Gasteiger charge is -2.18. The van der Waals surface area contributed by atoms with Gasteiger partial charge >= 0.3 is 17.9 Å². The Labute approximate surface area is 497 Å². The molecule has 0 aliphatic carbocycles. The van der Waals surface area contributed by atoms with Crippen LogP contribution < -0.4 is 0 Å². The van der Waals surface area contributed by atoms with Crippen LogP contribution in [-0.2, 0) is 28.6 Å². The minimum atomic E-state index is -0.847. The quantitative estimate of drug-likeness (QED) is 0.0261. The largest absolute Gasteiger partial charge is 0.462 e. The van der Waals surface area contributed by atoms with Crippen LogP contribution >= 0.6 is 0 Å². The highest BCUT2D eigenvalue weighted by atomic mass is 16.6. The van der Waals surface area contributed by atoms with E-state index in [4.69, 9.17) is 14.2 Å². The number of rotatable bonds is 56. The first-order chi connectivity index (χ1) is 40.0. The molecule has 6 heteroatoms. The van der Waals surface area contributed by atoms with E-state index in [0.717, 1.165) is 116 Å². The van der Waals surface area contributed by atoms with Crippen molar-refractivity contribution >= 4 is 17.9 Å². The minimum Gasteiger partial charge on any atom is -0.462 e. The summed E-state index contributed by atoms with van der Waals surface area (Å²) < 4.78 is 16.8. The normalized spacial score (nSPS) is 13.4. The Morgan fingerprint density at radius 3 is 0.864 bits per heavy atom. The molecular formula is C75H116O6. The average molecular weight is 1110 g/mol. The Morgan fingerprint density at radius 2 is 0.519 bits per heavy atom. The van der Waals surface area contributed by atoms with Crippen LogP contribution in [0.15, 0.2) is 182 Å². The fraction of sp³-hybridized carbons (Fsp3) is 0.560. The molecule has 81 heavy (non-hydrogen) atoms. The van der Waals surface area contributed by atoms with Crippen LogP contribution in [0, 0.1) is 0 Å². The van der Waals surface area contributed by atoms with Crippen LogP contribution in [0.4, 0.5) is 0 Å². The summed E-state index contributed by atoms with van der Waals surface area (Å²) in [5, 5.41) is 0. The molecule has 0 aliphatic heterocycles. The van der Waals surface area contributed by atoms with Crippen molar-refractivity contribution in [2.75, 3.05) is 13.2 Å². The topological polar surface area (TPSA) is 78.9 Å². The first kappa shape index (κ1) is 75.5. The van der Waals surface area contributed by atoms with Crippen molar-refractivity contribution in [3.63, 3.8) is 0 Å². The first-order valence-electron chi connectivity index (χ1n) is 32.3. The predicted octanol–water partition coefficient (Wildman–Crippen LogP) is 22.4. The second-order valence-electron chi connectivity index (χ2n) is 20.5. The Bertz CT molecular complexity index is 1900. The molecule has 452 valence electrons. The Morgan fingerprint density at radius 1 is 0.259 bits per heavy atom. The lowest BCUT2D eigenvalue weighted by molar-refractivity contribution is -0.166. The van der Waals surface area contributed by atoms with E-state index in [1.807, 2.05) is 12.2 Å². The van der Waals surface area contributed by atoms with Gasteiger partial charge in [0.15, 0.2) is 6.10 Å². The molecule has 0 aliphatic rings. The van der Waals surface area contributed by atoms with Crippen molar-refractivity contribution in [3.8, 4) is 0 Å². The van der Waals surface area contributed by atoms with Crippen LogP contribution in [0.3, 0.4) is 0 Å². The average Bonchev–Trinajstić information content (AvgIpc) is 3.47. The molecule has 0 saturated heterocycles. The fourth-order valence-electron chi connectivity index (χ4n) is 8.13. The minimum absolute atomic E-state index is 0.142. The molecule has 0 saturated carbocycles. The summed E-state index contributed by atoms with van der Waals surface area (Å²) in [6, 6.07) is 0. The van der Waals surface area contributed by atoms with Gasteiger partial charge in [0.1, 0.15) is 13.2 Å². The van der Waals surface area contributed by atoms with Crippen molar-refractivity contribution < 1.29 is 28.6 Å². The van der Waals surface area contributed by atoms with Gasteiger partial charge in [-0.2, -0.15) is 0 Å². The van der Waals surface area contributed by atoms with Crippen LogP contribution in [0.1, 0.15) is 252 Å². The standard InChI is InChI=1S/C75H116O6/c1-4-7-10-13-16-19-22-25-28-31-34-36-37-39-41-44-47-50-53-56-59-62-65-68-74(77)80-71-72(70-79-73(76)67-64-61-58-55-52-49-46-43-40-33-30-27-24-21-18-15-12-9-6-3)81-75(78)69-66-63-60-57-54-51-48-45-42-38-35-32-29-26-23-20-17-14-11-8-5-2/h7,9-10,12,16,18-19,21,23,25-28,30,32,34-36,39-41,43,47,49-50,52,56,58-59,61,72H,4-6,8,11,13-15,17,20,22,24,29,31,33,37-38,42,44-46,48,51,53-55,57,60,62-71H2,1-3H3/b10-7-,12-9-,19-16-,21-18-,26-23-,28-25-,30-27-,35-32-,36-34-,41-39-,43-40-,50-47-,52-49-,59-56-,61-58-. The lowest BCUT2D eigenvalue weighted by atomic mass is 10.1. The highest BCUT2D eigenvalue weighted by molar-refractivity contribution is 5.71. The molecular weight excluding hydrogens is 997 g/mol. The van der Waals surface area contributed by atoms with Gasteiger partial charge in [-0.1, -0.05) is 274 Å². The summed E-state index contributed by atoms with van der Waals surface area (Å²) in [6.07, 6.45) is 101. The van der Waals surface area contributed by atoms with E-state index in [2.05, 4.69) is 191 Å². The highest BCUT2D eigenvalue weighted by Crippen LogP contribution is 2.14. The molecule has 0 amide bonds. The van der Waals surface area contributed by atoms with Gasteiger partial charge in [-0.3, -0.25) is 14.4 Å². The molecule has 0 aromatic heterocycles. The van der Waals surface area contributed by atoms with Crippen LogP contribution in [0.5, 0.6) is 0 Å². The third-order valence-electron chi connectivity index (χ3n) is 12.9. The maximum Gasteiger partial charge on any atom is 0.306 e. The molecule has 1 unspecified atom stereocenters. The molecule has 1 atom stereocenters. The van der Waals surface area contributed by atoms with E-state index >= 15 is 0 Å². The molecule has 0 aromatic carbocycles. The van der Waals surface area contributed by atoms with E-state index in [9.17, 15) is 14.4 Å². The molecule has 0 radical (unpaired) electrons. The van der Waals surface area contributed by atoms with Crippen molar-refractivity contribution in [1.82, 2.24) is 0 Å². The number of ether oxygens (including phenoxy) is 3. The number of unbranched alkanes of at least 4 members (excludes halogenated alkanes) is 15. The van der Waals surface area contributed by atoms with Gasteiger partial charge in [0.05, 0.1) is 0 Å². The van der Waals surface area contributed by atoms with E-state index in [1.165, 1.54) is 83.5 Å². The third kappa shape index (κ3) is 65.2. The predicted molar refractivity (Wildman–Crippen MR) is 352 cm³/mol. The molecule has 0 bridgehead atoms. The number of carbonyl (C=O) groups is 3. The van der Waals surface area contributed by atoms with Crippen molar-refractivity contribution in [2.24, 2.45) is 0 Å². The number of allylic oxidation sites excluding steroid dienone is 30. The maximum atomic E-state index is 12.9. The lowest BCUT2D eigenvalue weighted by Crippen LogP contribution is -2.30. The third-order valence-corrected chi connectivity index (χ3v) is 12.9. The summed E-state index contributed by atoms with van der Waals surface area (Å²) in [5.74, 6) is -1.09. The zero-order valence-corrected chi connectivity index (χ0v) is 51.7. The Kier molecular flexibility index (Phi) is 62.5. The molecule has 0 spiro atoms. The number of hydrogen-bond acceptors (Lipinski definition) is 6. The SMILES string of the molecule is CC/C=C\C/C=C\C/C=C\C/C=C\C/C=C\C/C=C\C/C=C\CCCC(=O)OCC(COC(=O)CC/C=C\C/C=C\C/C=C\C/C=C\C/C=C\C/C=C\CC)OC(=O)CCCCCCCCCCC/C=C\C/C=C\CCCCCCC. The van der Waals surface area contributed by atoms with Crippen LogP contribution in [0.25, 0.3) is 0 Å². The maximum absolute atomic E-state index is 12.9. The van der Waals surface area contributed by atoms with Crippen molar-refractivity contribution in [2.45, 2.75) is 258 Å². The van der Waals surface area contributed by atoms with Crippen molar-refractivity contribution in [1.29, 1.82) is 0 Å². The fourth-order valence-corrected chi connectivity index (χ4v) is 8.13. The first-order valence-corrected chi connectivity index (χ1v) is 32.3. The summed E-state index contributed by atoms with van der Waals surface area (Å²) in [4.78, 5) is 38.3. The molecule has 0 N–H and O–H groups in total. The van der Waals surface area contributed by atoms with Gasteiger partial charge in [-0.15, -0.1) is 0 Å². The Hall–Kier alpha value is -5.49. The molecule has 0 aromatic rings. The molecule has 0 fully saturated rings. The van der Waals surface area contributed by atoms with Gasteiger partial charge < -0.3 is 14.2 Å². The molecule has 6 nitrogen and oxygen atoms in total.